The van der Waals surface area contributed by atoms with Gasteiger partial charge in [0.05, 0.1) is 16.6 Å². The van der Waals surface area contributed by atoms with E-state index >= 15 is 0 Å². The van der Waals surface area contributed by atoms with E-state index in [1.165, 1.54) is 24.5 Å². The van der Waals surface area contributed by atoms with Crippen molar-refractivity contribution < 1.29 is 18.7 Å². The average molecular weight is 358 g/mol. The van der Waals surface area contributed by atoms with Crippen molar-refractivity contribution in [1.29, 1.82) is 0 Å². The van der Waals surface area contributed by atoms with Gasteiger partial charge in [-0.25, -0.2) is 4.39 Å². The zero-order valence-corrected chi connectivity index (χ0v) is 14.2. The van der Waals surface area contributed by atoms with Crippen LogP contribution >= 0.6 is 0 Å². The molecule has 2 saturated heterocycles. The maximum absolute atomic E-state index is 14.3. The summed E-state index contributed by atoms with van der Waals surface area (Å²) in [4.78, 5) is 35.0. The molecule has 1 atom stereocenters. The van der Waals surface area contributed by atoms with E-state index in [-0.39, 0.29) is 17.5 Å². The highest BCUT2D eigenvalue weighted by Gasteiger charge is 2.37. The van der Waals surface area contributed by atoms with Crippen LogP contribution in [0.25, 0.3) is 11.0 Å². The third-order valence-corrected chi connectivity index (χ3v) is 4.98. The van der Waals surface area contributed by atoms with Crippen molar-refractivity contribution in [2.75, 3.05) is 19.8 Å². The van der Waals surface area contributed by atoms with E-state index in [9.17, 15) is 14.0 Å². The fourth-order valence-corrected chi connectivity index (χ4v) is 3.59. The second-order valence-corrected chi connectivity index (χ2v) is 6.57. The summed E-state index contributed by atoms with van der Waals surface area (Å²) in [6.07, 6.45) is 5.09. The monoisotopic (exact) mass is 358 g/mol. The minimum absolute atomic E-state index is 0.105. The third-order valence-electron chi connectivity index (χ3n) is 4.98. The molecule has 7 nitrogen and oxygen atoms in total. The highest BCUT2D eigenvalue weighted by molar-refractivity contribution is 6.00. The molecule has 2 aliphatic heterocycles. The van der Waals surface area contributed by atoms with Crippen molar-refractivity contribution in [2.24, 2.45) is 0 Å². The van der Waals surface area contributed by atoms with Gasteiger partial charge in [0.1, 0.15) is 11.9 Å². The number of aromatic nitrogens is 2. The number of hydrogen-bond donors (Lipinski definition) is 1. The van der Waals surface area contributed by atoms with Gasteiger partial charge >= 0.3 is 0 Å². The lowest BCUT2D eigenvalue weighted by atomic mass is 10.1. The van der Waals surface area contributed by atoms with Gasteiger partial charge in [-0.2, -0.15) is 0 Å². The Morgan fingerprint density at radius 2 is 1.85 bits per heavy atom. The summed E-state index contributed by atoms with van der Waals surface area (Å²) >= 11 is 0. The molecule has 1 unspecified atom stereocenters. The number of nitrogens with one attached hydrogen (secondary N) is 1. The molecule has 2 aromatic rings. The van der Waals surface area contributed by atoms with Crippen molar-refractivity contribution in [3.05, 3.63) is 35.9 Å². The Morgan fingerprint density at radius 3 is 2.58 bits per heavy atom. The van der Waals surface area contributed by atoms with Crippen LogP contribution in [0.5, 0.6) is 0 Å². The number of rotatable bonds is 3. The fourth-order valence-electron chi connectivity index (χ4n) is 3.59. The lowest BCUT2D eigenvalue weighted by Gasteiger charge is -2.31. The van der Waals surface area contributed by atoms with Crippen LogP contribution in [-0.2, 0) is 9.53 Å². The van der Waals surface area contributed by atoms with E-state index in [0.717, 1.165) is 12.8 Å². The SMILES string of the molecule is O=C(NC1CCN(C2CCOCC2)C1=O)c1cc2nccnc2cc1F. The molecule has 0 bridgehead atoms. The molecule has 0 saturated carbocycles. The standard InChI is InChI=1S/C18H19FN4O3/c19-13-10-16-15(20-4-5-21-16)9-12(13)17(24)22-14-1-6-23(18(14)25)11-2-7-26-8-3-11/h4-5,9-11,14H,1-3,6-8H2,(H,22,24). The van der Waals surface area contributed by atoms with Gasteiger partial charge in [-0.1, -0.05) is 0 Å². The molecule has 1 aromatic heterocycles. The Bertz CT molecular complexity index is 853. The van der Waals surface area contributed by atoms with Gasteiger partial charge in [-0.15, -0.1) is 0 Å². The number of carbonyl (C=O) groups excluding carboxylic acids is 2. The molecule has 3 heterocycles. The van der Waals surface area contributed by atoms with Crippen LogP contribution < -0.4 is 5.32 Å². The highest BCUT2D eigenvalue weighted by atomic mass is 19.1. The first-order valence-corrected chi connectivity index (χ1v) is 8.73. The summed E-state index contributed by atoms with van der Waals surface area (Å²) in [5.74, 6) is -1.39. The molecule has 4 rings (SSSR count). The lowest BCUT2D eigenvalue weighted by Crippen LogP contribution is -2.46. The van der Waals surface area contributed by atoms with Crippen LogP contribution in [0.1, 0.15) is 29.6 Å². The summed E-state index contributed by atoms with van der Waals surface area (Å²) in [6.45, 7) is 1.89. The van der Waals surface area contributed by atoms with Crippen LogP contribution in [0.4, 0.5) is 4.39 Å². The Hall–Kier alpha value is -2.61. The van der Waals surface area contributed by atoms with Crippen molar-refractivity contribution in [3.63, 3.8) is 0 Å². The van der Waals surface area contributed by atoms with Gasteiger partial charge in [0.2, 0.25) is 5.91 Å². The summed E-state index contributed by atoms with van der Waals surface area (Å²) in [7, 11) is 0. The number of amides is 2. The third kappa shape index (κ3) is 3.12. The van der Waals surface area contributed by atoms with Crippen LogP contribution in [0.2, 0.25) is 0 Å². The number of nitrogens with zero attached hydrogens (tertiary/aromatic N) is 3. The van der Waals surface area contributed by atoms with Crippen LogP contribution in [0.15, 0.2) is 24.5 Å². The van der Waals surface area contributed by atoms with Gasteiger partial charge in [0.25, 0.3) is 5.91 Å². The first-order chi connectivity index (χ1) is 12.6. The first kappa shape index (κ1) is 16.8. The quantitative estimate of drug-likeness (QED) is 0.893. The summed E-state index contributed by atoms with van der Waals surface area (Å²) in [6, 6.07) is 2.08. The maximum Gasteiger partial charge on any atom is 0.254 e. The predicted octanol–water partition coefficient (Wildman–Crippen LogP) is 1.28. The number of benzene rings is 1. The average Bonchev–Trinajstić information content (AvgIpc) is 3.02. The van der Waals surface area contributed by atoms with Crippen LogP contribution in [-0.4, -0.2) is 58.5 Å². The zero-order valence-electron chi connectivity index (χ0n) is 14.2. The molecular weight excluding hydrogens is 339 g/mol. The fraction of sp³-hybridized carbons (Fsp3) is 0.444. The molecule has 136 valence electrons. The van der Waals surface area contributed by atoms with Gasteiger partial charge in [0.15, 0.2) is 0 Å². The molecule has 2 fully saturated rings. The number of fused-ring (bicyclic) bond motifs is 1. The molecule has 0 aliphatic carbocycles. The summed E-state index contributed by atoms with van der Waals surface area (Å²) < 4.78 is 19.6. The second kappa shape index (κ2) is 6.95. The molecular formula is C18H19FN4O3. The largest absolute Gasteiger partial charge is 0.381 e. The first-order valence-electron chi connectivity index (χ1n) is 8.73. The van der Waals surface area contributed by atoms with Crippen LogP contribution in [0, 0.1) is 5.82 Å². The predicted molar refractivity (Wildman–Crippen MR) is 90.9 cm³/mol. The Kier molecular flexibility index (Phi) is 4.50. The topological polar surface area (TPSA) is 84.4 Å². The second-order valence-electron chi connectivity index (χ2n) is 6.57. The van der Waals surface area contributed by atoms with Crippen molar-refractivity contribution in [3.8, 4) is 0 Å². The van der Waals surface area contributed by atoms with E-state index in [0.29, 0.717) is 37.2 Å². The Balaban J connectivity index is 1.48. The Morgan fingerprint density at radius 1 is 1.15 bits per heavy atom. The van der Waals surface area contributed by atoms with Crippen molar-refractivity contribution in [1.82, 2.24) is 20.2 Å². The number of hydrogen-bond acceptors (Lipinski definition) is 5. The summed E-state index contributed by atoms with van der Waals surface area (Å²) in [5, 5.41) is 2.67. The number of likely N-dealkylation sites (tertiary alicyclic amines) is 1. The molecule has 8 heteroatoms. The maximum atomic E-state index is 14.3. The van der Waals surface area contributed by atoms with E-state index < -0.39 is 17.8 Å². The van der Waals surface area contributed by atoms with Gasteiger partial charge < -0.3 is 15.0 Å². The van der Waals surface area contributed by atoms with Gasteiger partial charge in [-0.05, 0) is 25.3 Å². The molecule has 26 heavy (non-hydrogen) atoms. The van der Waals surface area contributed by atoms with Crippen molar-refractivity contribution in [2.45, 2.75) is 31.3 Å². The van der Waals surface area contributed by atoms with E-state index in [1.54, 1.807) is 0 Å². The highest BCUT2D eigenvalue weighted by Crippen LogP contribution is 2.22. The minimum Gasteiger partial charge on any atom is -0.381 e. The van der Waals surface area contributed by atoms with Gasteiger partial charge in [0, 0.05) is 44.3 Å². The Labute approximate surface area is 149 Å². The summed E-state index contributed by atoms with van der Waals surface area (Å²) in [5.41, 5.74) is 0.681. The lowest BCUT2D eigenvalue weighted by molar-refractivity contribution is -0.132. The van der Waals surface area contributed by atoms with Gasteiger partial charge in [-0.3, -0.25) is 19.6 Å². The molecule has 2 amide bonds. The minimum atomic E-state index is -0.678. The normalized spacial score (nSPS) is 21.3. The smallest absolute Gasteiger partial charge is 0.254 e. The number of carbonyl (C=O) groups is 2. The molecule has 2 aliphatic rings. The molecule has 0 radical (unpaired) electrons. The molecule has 1 aromatic carbocycles. The number of halogens is 1. The van der Waals surface area contributed by atoms with E-state index in [4.69, 9.17) is 4.74 Å². The molecule has 0 spiro atoms. The van der Waals surface area contributed by atoms with Crippen LogP contribution in [0.3, 0.4) is 0 Å². The van der Waals surface area contributed by atoms with Crippen molar-refractivity contribution >= 4 is 22.8 Å². The zero-order chi connectivity index (χ0) is 18.1. The number of ether oxygens (including phenoxy) is 1. The van der Waals surface area contributed by atoms with E-state index in [1.807, 2.05) is 4.90 Å². The van der Waals surface area contributed by atoms with E-state index in [2.05, 4.69) is 15.3 Å². The molecule has 1 N–H and O–H groups in total.